The SMILES string of the molecule is Cc1nc2ccccc2n1CCNC(=O)C[C@H](C(=O)N[C@@H](CC(=O)O)C(=O)S)C(C)C. The molecule has 0 fully saturated rings. The van der Waals surface area contributed by atoms with Crippen LogP contribution in [0.25, 0.3) is 11.0 Å². The molecule has 31 heavy (non-hydrogen) atoms. The van der Waals surface area contributed by atoms with E-state index >= 15 is 0 Å². The molecule has 1 heterocycles. The van der Waals surface area contributed by atoms with Gasteiger partial charge in [0.05, 0.1) is 17.5 Å². The van der Waals surface area contributed by atoms with E-state index in [-0.39, 0.29) is 18.2 Å². The highest BCUT2D eigenvalue weighted by Crippen LogP contribution is 2.17. The van der Waals surface area contributed by atoms with E-state index < -0.39 is 35.4 Å². The Morgan fingerprint density at radius 1 is 1.16 bits per heavy atom. The van der Waals surface area contributed by atoms with Crippen LogP contribution in [0.5, 0.6) is 0 Å². The quantitative estimate of drug-likeness (QED) is 0.386. The molecule has 0 bridgehead atoms. The summed E-state index contributed by atoms with van der Waals surface area (Å²) in [5.74, 6) is -2.13. The molecule has 0 unspecified atom stereocenters. The van der Waals surface area contributed by atoms with Crippen LogP contribution in [0.3, 0.4) is 0 Å². The number of imidazole rings is 1. The number of aromatic nitrogens is 2. The van der Waals surface area contributed by atoms with Crippen molar-refractivity contribution in [3.8, 4) is 0 Å². The fraction of sp³-hybridized carbons (Fsp3) is 0.476. The van der Waals surface area contributed by atoms with Crippen molar-refractivity contribution in [3.63, 3.8) is 0 Å². The van der Waals surface area contributed by atoms with Crippen LogP contribution in [0.1, 0.15) is 32.5 Å². The van der Waals surface area contributed by atoms with Gasteiger partial charge in [0.1, 0.15) is 11.9 Å². The van der Waals surface area contributed by atoms with Gasteiger partial charge in [0, 0.05) is 25.4 Å². The lowest BCUT2D eigenvalue weighted by molar-refractivity contribution is -0.140. The third kappa shape index (κ3) is 6.81. The van der Waals surface area contributed by atoms with Crippen LogP contribution in [0, 0.1) is 18.8 Å². The zero-order chi connectivity index (χ0) is 23.1. The maximum absolute atomic E-state index is 12.6. The number of fused-ring (bicyclic) bond motifs is 1. The average molecular weight is 449 g/mol. The van der Waals surface area contributed by atoms with E-state index in [0.29, 0.717) is 13.1 Å². The van der Waals surface area contributed by atoms with Crippen LogP contribution in [0.2, 0.25) is 0 Å². The fourth-order valence-electron chi connectivity index (χ4n) is 3.34. The molecular formula is C21H28N4O5S. The van der Waals surface area contributed by atoms with Crippen molar-refractivity contribution in [1.29, 1.82) is 0 Å². The number of rotatable bonds is 11. The third-order valence-electron chi connectivity index (χ3n) is 5.04. The first-order valence-corrected chi connectivity index (χ1v) is 10.5. The number of nitrogens with zero attached hydrogens (tertiary/aromatic N) is 2. The van der Waals surface area contributed by atoms with Gasteiger partial charge in [0.15, 0.2) is 0 Å². The number of para-hydroxylation sites is 2. The van der Waals surface area contributed by atoms with Gasteiger partial charge >= 0.3 is 5.97 Å². The smallest absolute Gasteiger partial charge is 0.305 e. The Labute approximate surface area is 186 Å². The molecular weight excluding hydrogens is 420 g/mol. The highest BCUT2D eigenvalue weighted by molar-refractivity contribution is 7.96. The molecule has 0 aliphatic carbocycles. The summed E-state index contributed by atoms with van der Waals surface area (Å²) in [5, 5.41) is 13.4. The molecule has 0 radical (unpaired) electrons. The van der Waals surface area contributed by atoms with Crippen LogP contribution in [0.4, 0.5) is 0 Å². The van der Waals surface area contributed by atoms with Gasteiger partial charge in [-0.1, -0.05) is 26.0 Å². The minimum Gasteiger partial charge on any atom is -0.481 e. The van der Waals surface area contributed by atoms with Crippen molar-refractivity contribution in [1.82, 2.24) is 20.2 Å². The van der Waals surface area contributed by atoms with Crippen LogP contribution in [-0.2, 0) is 25.7 Å². The molecule has 3 N–H and O–H groups in total. The summed E-state index contributed by atoms with van der Waals surface area (Å²) in [6, 6.07) is 6.50. The molecule has 0 saturated heterocycles. The number of carboxylic acids is 1. The lowest BCUT2D eigenvalue weighted by atomic mass is 9.91. The van der Waals surface area contributed by atoms with Gasteiger partial charge in [0.2, 0.25) is 16.9 Å². The van der Waals surface area contributed by atoms with Crippen molar-refractivity contribution in [2.24, 2.45) is 11.8 Å². The minimum absolute atomic E-state index is 0.0757. The molecule has 9 nitrogen and oxygen atoms in total. The van der Waals surface area contributed by atoms with Crippen LogP contribution >= 0.6 is 12.6 Å². The van der Waals surface area contributed by atoms with E-state index in [1.807, 2.05) is 35.8 Å². The lowest BCUT2D eigenvalue weighted by Gasteiger charge is -2.22. The number of carbonyl (C=O) groups excluding carboxylic acids is 3. The molecule has 2 rings (SSSR count). The molecule has 0 aliphatic heterocycles. The monoisotopic (exact) mass is 448 g/mol. The Morgan fingerprint density at radius 2 is 1.84 bits per heavy atom. The van der Waals surface area contributed by atoms with Gasteiger partial charge in [-0.3, -0.25) is 19.2 Å². The zero-order valence-corrected chi connectivity index (χ0v) is 18.7. The Morgan fingerprint density at radius 3 is 2.45 bits per heavy atom. The van der Waals surface area contributed by atoms with Crippen LogP contribution < -0.4 is 10.6 Å². The molecule has 0 aliphatic rings. The maximum atomic E-state index is 12.6. The number of aryl methyl sites for hydroxylation is 1. The van der Waals surface area contributed by atoms with Crippen molar-refractivity contribution in [2.75, 3.05) is 6.54 Å². The van der Waals surface area contributed by atoms with E-state index in [1.54, 1.807) is 13.8 Å². The summed E-state index contributed by atoms with van der Waals surface area (Å²) in [5.41, 5.74) is 1.87. The maximum Gasteiger partial charge on any atom is 0.305 e. The second kappa shape index (κ2) is 10.9. The largest absolute Gasteiger partial charge is 0.481 e. The zero-order valence-electron chi connectivity index (χ0n) is 17.8. The van der Waals surface area contributed by atoms with Crippen molar-refractivity contribution in [2.45, 2.75) is 46.2 Å². The Balaban J connectivity index is 1.94. The highest BCUT2D eigenvalue weighted by Gasteiger charge is 2.29. The first-order valence-electron chi connectivity index (χ1n) is 10.0. The number of nitrogens with one attached hydrogen (secondary N) is 2. The number of carboxylic acid groups (broad SMARTS) is 1. The van der Waals surface area contributed by atoms with Gasteiger partial charge in [-0.15, -0.1) is 12.6 Å². The van der Waals surface area contributed by atoms with Crippen molar-refractivity contribution >= 4 is 46.6 Å². The average Bonchev–Trinajstić information content (AvgIpc) is 3.00. The predicted molar refractivity (Wildman–Crippen MR) is 119 cm³/mol. The van der Waals surface area contributed by atoms with E-state index in [4.69, 9.17) is 5.11 Å². The summed E-state index contributed by atoms with van der Waals surface area (Å²) < 4.78 is 2.01. The summed E-state index contributed by atoms with van der Waals surface area (Å²) in [6.07, 6.45) is -0.642. The van der Waals surface area contributed by atoms with Gasteiger partial charge in [-0.25, -0.2) is 4.98 Å². The summed E-state index contributed by atoms with van der Waals surface area (Å²) in [4.78, 5) is 51.9. The molecule has 0 spiro atoms. The number of hydrogen-bond acceptors (Lipinski definition) is 5. The second-order valence-electron chi connectivity index (χ2n) is 7.70. The van der Waals surface area contributed by atoms with E-state index in [0.717, 1.165) is 16.9 Å². The number of amides is 2. The van der Waals surface area contributed by atoms with Gasteiger partial charge in [-0.2, -0.15) is 0 Å². The third-order valence-corrected chi connectivity index (χ3v) is 5.35. The van der Waals surface area contributed by atoms with Crippen LogP contribution in [-0.4, -0.2) is 50.1 Å². The normalized spacial score (nSPS) is 13.1. The fourth-order valence-corrected chi connectivity index (χ4v) is 3.50. The van der Waals surface area contributed by atoms with Gasteiger partial charge < -0.3 is 20.3 Å². The number of benzene rings is 1. The topological polar surface area (TPSA) is 130 Å². The molecule has 2 atom stereocenters. The first kappa shape index (κ1) is 24.4. The standard InChI is InChI=1S/C21H28N4O5S/c1-12(2)14(20(29)24-16(21(30)31)11-19(27)28)10-18(26)22-8-9-25-13(3)23-15-6-4-5-7-17(15)25/h4-7,12,14,16H,8-11H2,1-3H3,(H,22,26)(H,24,29)(H,27,28)(H,30,31)/t14-,16-/m0/s1. The highest BCUT2D eigenvalue weighted by atomic mass is 32.1. The molecule has 0 saturated carbocycles. The molecule has 2 amide bonds. The van der Waals surface area contributed by atoms with Crippen molar-refractivity contribution < 1.29 is 24.3 Å². The molecule has 1 aromatic heterocycles. The Bertz CT molecular complexity index is 972. The first-order chi connectivity index (χ1) is 14.6. The molecule has 1 aromatic carbocycles. The molecule has 2 aromatic rings. The number of thiol groups is 1. The van der Waals surface area contributed by atoms with E-state index in [9.17, 15) is 19.2 Å². The Kier molecular flexibility index (Phi) is 8.61. The second-order valence-corrected chi connectivity index (χ2v) is 8.14. The molecule has 168 valence electrons. The van der Waals surface area contributed by atoms with Crippen molar-refractivity contribution in [3.05, 3.63) is 30.1 Å². The minimum atomic E-state index is -1.24. The summed E-state index contributed by atoms with van der Waals surface area (Å²) >= 11 is 3.64. The lowest BCUT2D eigenvalue weighted by Crippen LogP contribution is -2.45. The van der Waals surface area contributed by atoms with Gasteiger partial charge in [-0.05, 0) is 25.0 Å². The number of carbonyl (C=O) groups is 4. The van der Waals surface area contributed by atoms with Gasteiger partial charge in [0.25, 0.3) is 0 Å². The summed E-state index contributed by atoms with van der Waals surface area (Å²) in [6.45, 7) is 6.37. The number of aliphatic carboxylic acids is 1. The predicted octanol–water partition coefficient (Wildman–Crippen LogP) is 1.54. The number of hydrogen-bond donors (Lipinski definition) is 4. The molecule has 10 heteroatoms. The Hall–Kier alpha value is -2.88. The van der Waals surface area contributed by atoms with Crippen LogP contribution in [0.15, 0.2) is 24.3 Å². The van der Waals surface area contributed by atoms with E-state index in [2.05, 4.69) is 28.2 Å². The summed E-state index contributed by atoms with van der Waals surface area (Å²) in [7, 11) is 0. The van der Waals surface area contributed by atoms with E-state index in [1.165, 1.54) is 0 Å².